The molecule has 0 radical (unpaired) electrons. The van der Waals surface area contributed by atoms with Gasteiger partial charge >= 0.3 is 0 Å². The summed E-state index contributed by atoms with van der Waals surface area (Å²) in [6.45, 7) is 4.07. The second kappa shape index (κ2) is 5.72. The summed E-state index contributed by atoms with van der Waals surface area (Å²) in [7, 11) is 0. The zero-order valence-corrected chi connectivity index (χ0v) is 11.6. The van der Waals surface area contributed by atoms with E-state index < -0.39 is 0 Å². The average molecular weight is 268 g/mol. The smallest absolute Gasteiger partial charge is 0.269 e. The van der Waals surface area contributed by atoms with E-state index in [4.69, 9.17) is 10.4 Å². The Labute approximate surface area is 117 Å². The fraction of sp³-hybridized carbons (Fsp3) is 0.250. The van der Waals surface area contributed by atoms with E-state index in [0.29, 0.717) is 5.69 Å². The van der Waals surface area contributed by atoms with Crippen LogP contribution >= 0.6 is 0 Å². The number of nitrogens with zero attached hydrogens (tertiary/aromatic N) is 2. The first-order valence-corrected chi connectivity index (χ1v) is 6.41. The lowest BCUT2D eigenvalue weighted by Crippen LogP contribution is -2.25. The summed E-state index contributed by atoms with van der Waals surface area (Å²) in [6.07, 6.45) is 0. The Morgan fingerprint density at radius 3 is 2.55 bits per heavy atom. The summed E-state index contributed by atoms with van der Waals surface area (Å²) in [5.41, 5.74) is 3.66. The maximum Gasteiger partial charge on any atom is 0.269 e. The van der Waals surface area contributed by atoms with Gasteiger partial charge in [0.15, 0.2) is 0 Å². The lowest BCUT2D eigenvalue weighted by Gasteiger charge is -2.13. The average Bonchev–Trinajstić information content (AvgIpc) is 2.44. The maximum atomic E-state index is 12.2. The van der Waals surface area contributed by atoms with Crippen molar-refractivity contribution in [2.24, 2.45) is 0 Å². The molecule has 0 aliphatic rings. The monoisotopic (exact) mass is 268 g/mol. The molecule has 0 aliphatic heterocycles. The molecule has 1 aromatic carbocycles. The Morgan fingerprint density at radius 2 is 1.95 bits per heavy atom. The van der Waals surface area contributed by atoms with Crippen molar-refractivity contribution in [3.05, 3.63) is 57.4 Å². The van der Waals surface area contributed by atoms with Crippen LogP contribution in [-0.4, -0.2) is 16.3 Å². The van der Waals surface area contributed by atoms with Crippen molar-refractivity contribution in [2.45, 2.75) is 20.4 Å². The summed E-state index contributed by atoms with van der Waals surface area (Å²) in [5.74, 6) is 0. The Balaban J connectivity index is 2.67. The molecule has 0 atom stereocenters. The van der Waals surface area contributed by atoms with E-state index in [9.17, 15) is 4.79 Å². The minimum absolute atomic E-state index is 0.0889. The van der Waals surface area contributed by atoms with Crippen LogP contribution in [0.25, 0.3) is 11.3 Å². The first-order chi connectivity index (χ1) is 9.58. The second-order valence-corrected chi connectivity index (χ2v) is 4.72. The molecule has 0 fully saturated rings. The summed E-state index contributed by atoms with van der Waals surface area (Å²) < 4.78 is 1.45. The van der Waals surface area contributed by atoms with Crippen molar-refractivity contribution in [3.63, 3.8) is 0 Å². The highest BCUT2D eigenvalue weighted by Gasteiger charge is 2.10. The highest BCUT2D eigenvalue weighted by atomic mass is 16.3. The summed E-state index contributed by atoms with van der Waals surface area (Å²) in [5, 5.41) is 18.1. The molecule has 0 spiro atoms. The molecule has 2 rings (SSSR count). The van der Waals surface area contributed by atoms with Crippen molar-refractivity contribution in [1.29, 1.82) is 5.26 Å². The SMILES string of the molecule is Cc1ccc(-c2ccc(C#N)c(=O)n2CCO)cc1C. The lowest BCUT2D eigenvalue weighted by atomic mass is 10.0. The van der Waals surface area contributed by atoms with E-state index in [-0.39, 0.29) is 24.3 Å². The molecule has 0 unspecified atom stereocenters. The third kappa shape index (κ3) is 2.49. The van der Waals surface area contributed by atoms with Crippen LogP contribution in [0, 0.1) is 25.2 Å². The largest absolute Gasteiger partial charge is 0.395 e. The third-order valence-corrected chi connectivity index (χ3v) is 3.42. The molecule has 1 N–H and O–H groups in total. The molecule has 1 aromatic heterocycles. The van der Waals surface area contributed by atoms with Gasteiger partial charge in [-0.25, -0.2) is 0 Å². The molecule has 2 aromatic rings. The molecule has 102 valence electrons. The van der Waals surface area contributed by atoms with Crippen LogP contribution in [0.15, 0.2) is 35.1 Å². The van der Waals surface area contributed by atoms with Crippen LogP contribution in [0.1, 0.15) is 16.7 Å². The van der Waals surface area contributed by atoms with E-state index >= 15 is 0 Å². The zero-order chi connectivity index (χ0) is 14.7. The van der Waals surface area contributed by atoms with Crippen molar-refractivity contribution in [3.8, 4) is 17.3 Å². The van der Waals surface area contributed by atoms with Gasteiger partial charge in [0, 0.05) is 6.54 Å². The zero-order valence-electron chi connectivity index (χ0n) is 11.6. The summed E-state index contributed by atoms with van der Waals surface area (Å²) in [6, 6.07) is 11.1. The second-order valence-electron chi connectivity index (χ2n) is 4.72. The number of aromatic nitrogens is 1. The van der Waals surface area contributed by atoms with E-state index in [2.05, 4.69) is 0 Å². The fourth-order valence-electron chi connectivity index (χ4n) is 2.14. The number of aliphatic hydroxyl groups excluding tert-OH is 1. The molecule has 0 bridgehead atoms. The van der Waals surface area contributed by atoms with Crippen LogP contribution in [0.5, 0.6) is 0 Å². The van der Waals surface area contributed by atoms with Crippen LogP contribution in [0.4, 0.5) is 0 Å². The number of hydrogen-bond donors (Lipinski definition) is 1. The van der Waals surface area contributed by atoms with Gasteiger partial charge in [0.2, 0.25) is 0 Å². The fourth-order valence-corrected chi connectivity index (χ4v) is 2.14. The van der Waals surface area contributed by atoms with Gasteiger partial charge in [-0.05, 0) is 48.7 Å². The van der Waals surface area contributed by atoms with Crippen LogP contribution < -0.4 is 5.56 Å². The lowest BCUT2D eigenvalue weighted by molar-refractivity contribution is 0.275. The molecular weight excluding hydrogens is 252 g/mol. The molecular formula is C16H16N2O2. The quantitative estimate of drug-likeness (QED) is 0.925. The van der Waals surface area contributed by atoms with E-state index in [0.717, 1.165) is 11.1 Å². The third-order valence-electron chi connectivity index (χ3n) is 3.42. The van der Waals surface area contributed by atoms with Crippen molar-refractivity contribution >= 4 is 0 Å². The van der Waals surface area contributed by atoms with Crippen LogP contribution in [-0.2, 0) is 6.54 Å². The number of nitriles is 1. The highest BCUT2D eigenvalue weighted by molar-refractivity contribution is 5.62. The number of aryl methyl sites for hydroxylation is 2. The van der Waals surface area contributed by atoms with Gasteiger partial charge in [-0.2, -0.15) is 5.26 Å². The topological polar surface area (TPSA) is 66.0 Å². The first kappa shape index (κ1) is 14.0. The predicted octanol–water partition coefficient (Wildman–Crippen LogP) is 2.00. The minimum atomic E-state index is -0.364. The number of hydrogen-bond acceptors (Lipinski definition) is 3. The molecule has 1 heterocycles. The van der Waals surface area contributed by atoms with Gasteiger partial charge in [0.1, 0.15) is 11.6 Å². The number of rotatable bonds is 3. The molecule has 4 heteroatoms. The molecule has 0 aliphatic carbocycles. The van der Waals surface area contributed by atoms with Crippen molar-refractivity contribution in [1.82, 2.24) is 4.57 Å². The Bertz CT molecular complexity index is 739. The Kier molecular flexibility index (Phi) is 4.02. The van der Waals surface area contributed by atoms with Gasteiger partial charge in [0.25, 0.3) is 5.56 Å². The standard InChI is InChI=1S/C16H16N2O2/c1-11-3-4-13(9-12(11)2)15-6-5-14(10-17)16(20)18(15)7-8-19/h3-6,9,19H,7-8H2,1-2H3. The molecule has 4 nitrogen and oxygen atoms in total. The molecule has 0 saturated heterocycles. The first-order valence-electron chi connectivity index (χ1n) is 6.41. The number of pyridine rings is 1. The predicted molar refractivity (Wildman–Crippen MR) is 77.4 cm³/mol. The molecule has 20 heavy (non-hydrogen) atoms. The molecule has 0 amide bonds. The van der Waals surface area contributed by atoms with Gasteiger partial charge in [-0.15, -0.1) is 0 Å². The summed E-state index contributed by atoms with van der Waals surface area (Å²) in [4.78, 5) is 12.2. The van der Waals surface area contributed by atoms with Gasteiger partial charge in [0.05, 0.1) is 12.3 Å². The molecule has 0 saturated carbocycles. The van der Waals surface area contributed by atoms with Crippen molar-refractivity contribution < 1.29 is 5.11 Å². The van der Waals surface area contributed by atoms with Crippen molar-refractivity contribution in [2.75, 3.05) is 6.61 Å². The van der Waals surface area contributed by atoms with Crippen LogP contribution in [0.3, 0.4) is 0 Å². The number of aliphatic hydroxyl groups is 1. The Morgan fingerprint density at radius 1 is 1.20 bits per heavy atom. The van der Waals surface area contributed by atoms with E-state index in [1.165, 1.54) is 16.2 Å². The van der Waals surface area contributed by atoms with Gasteiger partial charge in [-0.3, -0.25) is 4.79 Å². The summed E-state index contributed by atoms with van der Waals surface area (Å²) >= 11 is 0. The van der Waals surface area contributed by atoms with Gasteiger partial charge in [-0.1, -0.05) is 12.1 Å². The van der Waals surface area contributed by atoms with Crippen LogP contribution in [0.2, 0.25) is 0 Å². The van der Waals surface area contributed by atoms with E-state index in [1.807, 2.05) is 38.1 Å². The minimum Gasteiger partial charge on any atom is -0.395 e. The van der Waals surface area contributed by atoms with E-state index in [1.54, 1.807) is 6.07 Å². The Hall–Kier alpha value is -2.38. The number of benzene rings is 1. The highest BCUT2D eigenvalue weighted by Crippen LogP contribution is 2.21. The maximum absolute atomic E-state index is 12.2. The van der Waals surface area contributed by atoms with Gasteiger partial charge < -0.3 is 9.67 Å². The normalized spacial score (nSPS) is 10.3.